The molecule has 188 valence electrons. The zero-order valence-corrected chi connectivity index (χ0v) is 21.6. The molecule has 1 atom stereocenters. The van der Waals surface area contributed by atoms with Gasteiger partial charge in [-0.1, -0.05) is 56.0 Å². The number of fused-ring (bicyclic) bond motifs is 3. The van der Waals surface area contributed by atoms with Gasteiger partial charge in [-0.3, -0.25) is 0 Å². The molecule has 2 nitrogen and oxygen atoms in total. The molecule has 0 saturated carbocycles. The van der Waals surface area contributed by atoms with Gasteiger partial charge in [-0.05, 0) is 84.4 Å². The van der Waals surface area contributed by atoms with Crippen LogP contribution in [0, 0.1) is 0 Å². The molecular formula is C26H30Cl3F3NO-. The quantitative estimate of drug-likeness (QED) is 0.339. The van der Waals surface area contributed by atoms with Gasteiger partial charge in [0.2, 0.25) is 0 Å². The number of hydrogen-bond acceptors (Lipinski definition) is 2. The first kappa shape index (κ1) is 29.0. The standard InChI is InChI=1S/C26H30Cl2F3NO.ClH/c1-3-5-10-32(11-6-4-2)12-9-25(33)23-16-22-21(14-18(27)15-24(22)28)20-13-17(26(29,30)31)7-8-19(20)23;/h7-8,13-16,25,33H,3-6,9-12H2,1-2H3;1H/p-1. The first-order valence-electron chi connectivity index (χ1n) is 11.5. The summed E-state index contributed by atoms with van der Waals surface area (Å²) < 4.78 is 40.3. The second-order valence-electron chi connectivity index (χ2n) is 8.56. The summed E-state index contributed by atoms with van der Waals surface area (Å²) >= 11 is 12.6. The van der Waals surface area contributed by atoms with Crippen molar-refractivity contribution in [2.75, 3.05) is 19.6 Å². The van der Waals surface area contributed by atoms with Crippen LogP contribution in [0.25, 0.3) is 21.5 Å². The minimum atomic E-state index is -4.48. The van der Waals surface area contributed by atoms with E-state index in [-0.39, 0.29) is 12.4 Å². The van der Waals surface area contributed by atoms with E-state index >= 15 is 0 Å². The van der Waals surface area contributed by atoms with Gasteiger partial charge in [0.15, 0.2) is 0 Å². The van der Waals surface area contributed by atoms with Crippen LogP contribution in [0.3, 0.4) is 0 Å². The highest BCUT2D eigenvalue weighted by molar-refractivity contribution is 6.39. The normalized spacial score (nSPS) is 13.0. The molecule has 0 bridgehead atoms. The van der Waals surface area contributed by atoms with Crippen molar-refractivity contribution >= 4 is 44.7 Å². The number of halogens is 6. The molecule has 0 heterocycles. The van der Waals surface area contributed by atoms with Crippen molar-refractivity contribution in [2.24, 2.45) is 0 Å². The number of hydrogen-bond donors (Lipinski definition) is 1. The smallest absolute Gasteiger partial charge is 0.416 e. The number of aliphatic hydroxyl groups is 1. The molecule has 0 aromatic heterocycles. The van der Waals surface area contributed by atoms with Gasteiger partial charge in [0.05, 0.1) is 11.7 Å². The Morgan fingerprint density at radius 2 is 1.47 bits per heavy atom. The minimum absolute atomic E-state index is 0. The third-order valence-electron chi connectivity index (χ3n) is 6.08. The topological polar surface area (TPSA) is 23.5 Å². The second-order valence-corrected chi connectivity index (χ2v) is 9.40. The second kappa shape index (κ2) is 12.6. The molecule has 0 spiro atoms. The fourth-order valence-corrected chi connectivity index (χ4v) is 4.77. The van der Waals surface area contributed by atoms with Crippen LogP contribution in [-0.4, -0.2) is 29.6 Å². The van der Waals surface area contributed by atoms with Crippen LogP contribution in [-0.2, 0) is 6.18 Å². The van der Waals surface area contributed by atoms with E-state index in [1.165, 1.54) is 6.07 Å². The molecular weight excluding hydrogens is 506 g/mol. The van der Waals surface area contributed by atoms with Crippen LogP contribution in [0.2, 0.25) is 10.0 Å². The molecule has 34 heavy (non-hydrogen) atoms. The Balaban J connectivity index is 0.00000408. The predicted octanol–water partition coefficient (Wildman–Crippen LogP) is 5.65. The summed E-state index contributed by atoms with van der Waals surface area (Å²) in [6.45, 7) is 6.97. The summed E-state index contributed by atoms with van der Waals surface area (Å²) in [5, 5.41) is 13.9. The first-order chi connectivity index (χ1) is 15.7. The van der Waals surface area contributed by atoms with Gasteiger partial charge < -0.3 is 22.4 Å². The summed E-state index contributed by atoms with van der Waals surface area (Å²) in [7, 11) is 0. The Kier molecular flexibility index (Phi) is 10.8. The summed E-state index contributed by atoms with van der Waals surface area (Å²) in [6, 6.07) is 8.60. The highest BCUT2D eigenvalue weighted by Gasteiger charge is 2.31. The van der Waals surface area contributed by atoms with Gasteiger partial charge in [0, 0.05) is 22.0 Å². The molecule has 3 rings (SSSR count). The zero-order chi connectivity index (χ0) is 24.2. The maximum absolute atomic E-state index is 13.4. The summed E-state index contributed by atoms with van der Waals surface area (Å²) in [4.78, 5) is 2.36. The predicted molar refractivity (Wildman–Crippen MR) is 132 cm³/mol. The molecule has 0 aliphatic heterocycles. The maximum atomic E-state index is 13.4. The Bertz CT molecular complexity index is 1100. The van der Waals surface area contributed by atoms with Crippen molar-refractivity contribution in [3.05, 3.63) is 57.6 Å². The third kappa shape index (κ3) is 6.92. The van der Waals surface area contributed by atoms with Crippen molar-refractivity contribution in [3.63, 3.8) is 0 Å². The number of aliphatic hydroxyl groups excluding tert-OH is 1. The van der Waals surface area contributed by atoms with E-state index in [0.29, 0.717) is 43.6 Å². The SMILES string of the molecule is CCCCN(CCCC)CCC(O)c1cc2c(Cl)cc(Cl)cc2c2cc(C(F)(F)F)ccc12.[Cl-]. The van der Waals surface area contributed by atoms with Crippen LogP contribution in [0.1, 0.15) is 63.2 Å². The Morgan fingerprint density at radius 3 is 2.06 bits per heavy atom. The lowest BCUT2D eigenvalue weighted by Gasteiger charge is -2.24. The number of rotatable bonds is 10. The summed E-state index contributed by atoms with van der Waals surface area (Å²) in [6.07, 6.45) is -0.431. The minimum Gasteiger partial charge on any atom is -1.00 e. The largest absolute Gasteiger partial charge is 1.00 e. The highest BCUT2D eigenvalue weighted by Crippen LogP contribution is 2.40. The fraction of sp³-hybridized carbons (Fsp3) is 0.462. The van der Waals surface area contributed by atoms with E-state index in [4.69, 9.17) is 23.2 Å². The van der Waals surface area contributed by atoms with E-state index in [1.54, 1.807) is 18.2 Å². The van der Waals surface area contributed by atoms with Crippen molar-refractivity contribution in [3.8, 4) is 0 Å². The Morgan fingerprint density at radius 1 is 0.853 bits per heavy atom. The molecule has 0 amide bonds. The van der Waals surface area contributed by atoms with E-state index in [0.717, 1.165) is 57.5 Å². The van der Waals surface area contributed by atoms with Gasteiger partial charge in [0.1, 0.15) is 0 Å². The van der Waals surface area contributed by atoms with Crippen molar-refractivity contribution in [1.29, 1.82) is 0 Å². The average Bonchev–Trinajstić information content (AvgIpc) is 2.77. The average molecular weight is 536 g/mol. The molecule has 0 radical (unpaired) electrons. The summed E-state index contributed by atoms with van der Waals surface area (Å²) in [5.74, 6) is 0. The number of benzene rings is 3. The number of nitrogens with zero attached hydrogens (tertiary/aromatic N) is 1. The molecule has 0 saturated heterocycles. The highest BCUT2D eigenvalue weighted by atomic mass is 35.5. The molecule has 3 aromatic carbocycles. The van der Waals surface area contributed by atoms with Crippen LogP contribution in [0.5, 0.6) is 0 Å². The van der Waals surface area contributed by atoms with Crippen LogP contribution >= 0.6 is 23.2 Å². The van der Waals surface area contributed by atoms with Gasteiger partial charge in [-0.2, -0.15) is 13.2 Å². The lowest BCUT2D eigenvalue weighted by atomic mass is 9.92. The molecule has 1 N–H and O–H groups in total. The molecule has 3 aromatic rings. The van der Waals surface area contributed by atoms with Crippen LogP contribution < -0.4 is 12.4 Å². The Labute approximate surface area is 215 Å². The van der Waals surface area contributed by atoms with E-state index in [1.807, 2.05) is 0 Å². The third-order valence-corrected chi connectivity index (χ3v) is 6.61. The lowest BCUT2D eigenvalue weighted by Crippen LogP contribution is -3.00. The van der Waals surface area contributed by atoms with Crippen molar-refractivity contribution < 1.29 is 30.7 Å². The molecule has 0 aliphatic rings. The Hall–Kier alpha value is -1.24. The number of unbranched alkanes of at least 4 members (excludes halogenated alkanes) is 2. The first-order valence-corrected chi connectivity index (χ1v) is 12.2. The molecule has 0 fully saturated rings. The van der Waals surface area contributed by atoms with Gasteiger partial charge in [-0.25, -0.2) is 0 Å². The van der Waals surface area contributed by atoms with Crippen LogP contribution in [0.4, 0.5) is 13.2 Å². The molecule has 1 unspecified atom stereocenters. The van der Waals surface area contributed by atoms with Crippen molar-refractivity contribution in [2.45, 2.75) is 58.2 Å². The van der Waals surface area contributed by atoms with E-state index in [2.05, 4.69) is 18.7 Å². The summed E-state index contributed by atoms with van der Waals surface area (Å²) in [5.41, 5.74) is -0.161. The van der Waals surface area contributed by atoms with E-state index in [9.17, 15) is 18.3 Å². The van der Waals surface area contributed by atoms with Crippen molar-refractivity contribution in [1.82, 2.24) is 4.90 Å². The monoisotopic (exact) mass is 534 g/mol. The zero-order valence-electron chi connectivity index (χ0n) is 19.4. The number of alkyl halides is 3. The maximum Gasteiger partial charge on any atom is 0.416 e. The van der Waals surface area contributed by atoms with Gasteiger partial charge in [0.25, 0.3) is 0 Å². The molecule has 0 aliphatic carbocycles. The van der Waals surface area contributed by atoms with Gasteiger partial charge >= 0.3 is 6.18 Å². The lowest BCUT2D eigenvalue weighted by molar-refractivity contribution is -0.137. The van der Waals surface area contributed by atoms with E-state index < -0.39 is 17.8 Å². The van der Waals surface area contributed by atoms with Gasteiger partial charge in [-0.15, -0.1) is 0 Å². The molecule has 8 heteroatoms. The van der Waals surface area contributed by atoms with Crippen LogP contribution in [0.15, 0.2) is 36.4 Å². The fourth-order valence-electron chi connectivity index (χ4n) is 4.22.